The van der Waals surface area contributed by atoms with Crippen molar-refractivity contribution >= 4 is 22.0 Å². The predicted octanol–water partition coefficient (Wildman–Crippen LogP) is 1.94. The van der Waals surface area contributed by atoms with Crippen LogP contribution in [0.1, 0.15) is 23.5 Å². The highest BCUT2D eigenvalue weighted by atomic mass is 32.2. The van der Waals surface area contributed by atoms with Gasteiger partial charge in [0.15, 0.2) is 0 Å². The summed E-state index contributed by atoms with van der Waals surface area (Å²) in [5.74, 6) is -1.54. The summed E-state index contributed by atoms with van der Waals surface area (Å²) in [6.45, 7) is -0.0121. The highest BCUT2D eigenvalue weighted by Crippen LogP contribution is 2.31. The lowest BCUT2D eigenvalue weighted by Crippen LogP contribution is -2.43. The van der Waals surface area contributed by atoms with Crippen LogP contribution < -0.4 is 0 Å². The van der Waals surface area contributed by atoms with Crippen molar-refractivity contribution in [2.45, 2.75) is 24.5 Å². The summed E-state index contributed by atoms with van der Waals surface area (Å²) >= 11 is 0. The van der Waals surface area contributed by atoms with Crippen molar-refractivity contribution in [3.63, 3.8) is 0 Å². The monoisotopic (exact) mass is 417 g/mol. The van der Waals surface area contributed by atoms with E-state index in [4.69, 9.17) is 8.92 Å². The van der Waals surface area contributed by atoms with Crippen LogP contribution in [0.2, 0.25) is 0 Å². The van der Waals surface area contributed by atoms with Crippen LogP contribution >= 0.6 is 0 Å². The fraction of sp³-hybridized carbons (Fsp3) is 0.333. The van der Waals surface area contributed by atoms with E-state index in [0.29, 0.717) is 0 Å². The van der Waals surface area contributed by atoms with E-state index in [1.165, 1.54) is 12.0 Å². The predicted molar refractivity (Wildman–Crippen MR) is 107 cm³/mol. The molecule has 154 valence electrons. The van der Waals surface area contributed by atoms with Crippen LogP contribution in [0.4, 0.5) is 0 Å². The third-order valence-corrected chi connectivity index (χ3v) is 5.46. The molecule has 1 aliphatic heterocycles. The highest BCUT2D eigenvalue weighted by molar-refractivity contribution is 7.86. The van der Waals surface area contributed by atoms with Gasteiger partial charge in [-0.05, 0) is 11.1 Å². The molecule has 8 heteroatoms. The van der Waals surface area contributed by atoms with Crippen molar-refractivity contribution < 1.29 is 26.9 Å². The molecule has 1 fully saturated rings. The minimum Gasteiger partial charge on any atom is -0.467 e. The summed E-state index contributed by atoms with van der Waals surface area (Å²) in [7, 11) is -2.49. The minimum absolute atomic E-state index is 0.0121. The van der Waals surface area contributed by atoms with E-state index in [-0.39, 0.29) is 18.9 Å². The minimum atomic E-state index is -3.73. The first kappa shape index (κ1) is 21.0. The number of hydrogen-bond acceptors (Lipinski definition) is 6. The summed E-state index contributed by atoms with van der Waals surface area (Å²) < 4.78 is 33.0. The van der Waals surface area contributed by atoms with Crippen LogP contribution in [0.3, 0.4) is 0 Å². The standard InChI is InChI=1S/C21H23NO6S/c1-27-21(24)18-13-17(28-29(2,25)26)14-22(18)20(23)19(15-9-5-3-6-10-15)16-11-7-4-8-12-16/h3-12,17-19H,13-14H2,1-2H3/t17-,18-/m1/s1. The molecule has 1 aliphatic rings. The van der Waals surface area contributed by atoms with E-state index in [0.717, 1.165) is 17.4 Å². The fourth-order valence-electron chi connectivity index (χ4n) is 3.65. The Kier molecular flexibility index (Phi) is 6.34. The lowest BCUT2D eigenvalue weighted by Gasteiger charge is -2.28. The number of hydrogen-bond donors (Lipinski definition) is 0. The van der Waals surface area contributed by atoms with Crippen molar-refractivity contribution in [3.8, 4) is 0 Å². The summed E-state index contributed by atoms with van der Waals surface area (Å²) in [6.07, 6.45) is 0.202. The van der Waals surface area contributed by atoms with Gasteiger partial charge in [0.25, 0.3) is 10.1 Å². The molecular weight excluding hydrogens is 394 g/mol. The molecule has 1 amide bonds. The Morgan fingerprint density at radius 3 is 1.97 bits per heavy atom. The summed E-state index contributed by atoms with van der Waals surface area (Å²) in [5, 5.41) is 0. The number of carbonyl (C=O) groups excluding carboxylic acids is 2. The van der Waals surface area contributed by atoms with Crippen LogP contribution in [-0.4, -0.2) is 57.3 Å². The second kappa shape index (κ2) is 8.75. The van der Waals surface area contributed by atoms with Crippen molar-refractivity contribution in [1.29, 1.82) is 0 Å². The van der Waals surface area contributed by atoms with Gasteiger partial charge >= 0.3 is 5.97 Å². The fourth-order valence-corrected chi connectivity index (χ4v) is 4.29. The van der Waals surface area contributed by atoms with E-state index in [9.17, 15) is 18.0 Å². The van der Waals surface area contributed by atoms with Gasteiger partial charge in [-0.2, -0.15) is 8.42 Å². The number of rotatable bonds is 6. The molecule has 2 aromatic rings. The van der Waals surface area contributed by atoms with Crippen LogP contribution in [-0.2, 0) is 28.6 Å². The number of methoxy groups -OCH3 is 1. The van der Waals surface area contributed by atoms with Crippen LogP contribution in [0.15, 0.2) is 60.7 Å². The first-order valence-corrected chi connectivity index (χ1v) is 11.0. The lowest BCUT2D eigenvalue weighted by molar-refractivity contribution is -0.151. The maximum atomic E-state index is 13.6. The van der Waals surface area contributed by atoms with Gasteiger partial charge < -0.3 is 9.64 Å². The number of ether oxygens (including phenoxy) is 1. The molecule has 2 atom stereocenters. The van der Waals surface area contributed by atoms with Gasteiger partial charge in [0, 0.05) is 13.0 Å². The molecule has 0 unspecified atom stereocenters. The number of benzene rings is 2. The molecule has 0 N–H and O–H groups in total. The van der Waals surface area contributed by atoms with E-state index in [2.05, 4.69) is 0 Å². The molecular formula is C21H23NO6S. The van der Waals surface area contributed by atoms with Gasteiger partial charge in [0.05, 0.1) is 25.4 Å². The molecule has 3 rings (SSSR count). The smallest absolute Gasteiger partial charge is 0.328 e. The second-order valence-electron chi connectivity index (χ2n) is 6.94. The number of carbonyl (C=O) groups is 2. The van der Waals surface area contributed by atoms with E-state index >= 15 is 0 Å². The Labute approximate surface area is 170 Å². The zero-order chi connectivity index (χ0) is 21.0. The number of amides is 1. The SMILES string of the molecule is COC(=O)[C@H]1C[C@@H](OS(C)(=O)=O)CN1C(=O)C(c1ccccc1)c1ccccc1. The molecule has 0 saturated carbocycles. The molecule has 0 radical (unpaired) electrons. The van der Waals surface area contributed by atoms with Crippen LogP contribution in [0, 0.1) is 0 Å². The molecule has 0 bridgehead atoms. The largest absolute Gasteiger partial charge is 0.467 e. The first-order chi connectivity index (χ1) is 13.8. The van der Waals surface area contributed by atoms with Crippen LogP contribution in [0.25, 0.3) is 0 Å². The summed E-state index contributed by atoms with van der Waals surface area (Å²) in [4.78, 5) is 27.3. The Morgan fingerprint density at radius 2 is 1.52 bits per heavy atom. The molecule has 7 nitrogen and oxygen atoms in total. The third kappa shape index (κ3) is 5.02. The second-order valence-corrected chi connectivity index (χ2v) is 8.54. The average molecular weight is 417 g/mol. The molecule has 0 spiro atoms. The number of esters is 1. The Bertz CT molecular complexity index is 922. The Hall–Kier alpha value is -2.71. The Morgan fingerprint density at radius 1 is 1.00 bits per heavy atom. The summed E-state index contributed by atoms with van der Waals surface area (Å²) in [6, 6.07) is 17.6. The van der Waals surface area contributed by atoms with Gasteiger partial charge in [0.1, 0.15) is 6.04 Å². The molecule has 1 saturated heterocycles. The molecule has 2 aromatic carbocycles. The normalized spacial score (nSPS) is 19.3. The van der Waals surface area contributed by atoms with Gasteiger partial charge in [-0.15, -0.1) is 0 Å². The van der Waals surface area contributed by atoms with Crippen molar-refractivity contribution in [3.05, 3.63) is 71.8 Å². The topological polar surface area (TPSA) is 90.0 Å². The van der Waals surface area contributed by atoms with Gasteiger partial charge in [-0.1, -0.05) is 60.7 Å². The molecule has 1 heterocycles. The van der Waals surface area contributed by atoms with Gasteiger partial charge in [0.2, 0.25) is 5.91 Å². The van der Waals surface area contributed by atoms with Crippen molar-refractivity contribution in [2.75, 3.05) is 19.9 Å². The van der Waals surface area contributed by atoms with Crippen molar-refractivity contribution in [1.82, 2.24) is 4.90 Å². The maximum absolute atomic E-state index is 13.6. The van der Waals surface area contributed by atoms with Crippen molar-refractivity contribution in [2.24, 2.45) is 0 Å². The third-order valence-electron chi connectivity index (χ3n) is 4.84. The van der Waals surface area contributed by atoms with Gasteiger partial charge in [-0.3, -0.25) is 8.98 Å². The van der Waals surface area contributed by atoms with Crippen LogP contribution in [0.5, 0.6) is 0 Å². The van der Waals surface area contributed by atoms with E-state index in [1.54, 1.807) is 0 Å². The summed E-state index contributed by atoms with van der Waals surface area (Å²) in [5.41, 5.74) is 1.56. The zero-order valence-corrected chi connectivity index (χ0v) is 17.0. The van der Waals surface area contributed by atoms with Gasteiger partial charge in [-0.25, -0.2) is 4.79 Å². The number of likely N-dealkylation sites (tertiary alicyclic amines) is 1. The quantitative estimate of drug-likeness (QED) is 0.527. The molecule has 0 aliphatic carbocycles. The molecule has 29 heavy (non-hydrogen) atoms. The maximum Gasteiger partial charge on any atom is 0.328 e. The molecule has 0 aromatic heterocycles. The highest BCUT2D eigenvalue weighted by Gasteiger charge is 2.44. The zero-order valence-electron chi connectivity index (χ0n) is 16.2. The Balaban J connectivity index is 1.97. The van der Waals surface area contributed by atoms with E-state index < -0.39 is 34.2 Å². The average Bonchev–Trinajstić information content (AvgIpc) is 3.11. The lowest BCUT2D eigenvalue weighted by atomic mass is 9.90. The van der Waals surface area contributed by atoms with E-state index in [1.807, 2.05) is 60.7 Å². The first-order valence-electron chi connectivity index (χ1n) is 9.16. The number of nitrogens with zero attached hydrogens (tertiary/aromatic N) is 1.